The summed E-state index contributed by atoms with van der Waals surface area (Å²) < 4.78 is 30.0. The van der Waals surface area contributed by atoms with E-state index in [-0.39, 0.29) is 6.42 Å². The third-order valence-corrected chi connectivity index (χ3v) is 5.39. The van der Waals surface area contributed by atoms with Crippen LogP contribution in [0.25, 0.3) is 11.1 Å². The number of benzene rings is 2. The predicted octanol–water partition coefficient (Wildman–Crippen LogP) is 7.68. The first kappa shape index (κ1) is 20.1. The Balaban J connectivity index is 1.35. The van der Waals surface area contributed by atoms with Crippen molar-refractivity contribution in [2.75, 3.05) is 6.61 Å². The molecule has 4 heteroatoms. The Hall–Kier alpha value is -1.61. The predicted molar refractivity (Wildman–Crippen MR) is 108 cm³/mol. The van der Waals surface area contributed by atoms with Crippen LogP contribution in [0.15, 0.2) is 36.4 Å². The van der Waals surface area contributed by atoms with Crippen LogP contribution >= 0.6 is 11.6 Å². The second-order valence-electron chi connectivity index (χ2n) is 7.30. The van der Waals surface area contributed by atoms with E-state index in [2.05, 4.69) is 24.3 Å². The molecular formula is C23H27ClF2O. The lowest BCUT2D eigenvalue weighted by atomic mass is 10.1. The molecule has 27 heavy (non-hydrogen) atoms. The largest absolute Gasteiger partial charge is 0.494 e. The molecule has 1 aliphatic rings. The fourth-order valence-corrected chi connectivity index (χ4v) is 3.86. The Labute approximate surface area is 165 Å². The van der Waals surface area contributed by atoms with Crippen LogP contribution in [-0.2, 0) is 6.42 Å². The van der Waals surface area contributed by atoms with Gasteiger partial charge in [-0.2, -0.15) is 0 Å². The van der Waals surface area contributed by atoms with Crippen molar-refractivity contribution in [3.8, 4) is 16.9 Å². The average molecular weight is 393 g/mol. The van der Waals surface area contributed by atoms with E-state index in [9.17, 15) is 8.78 Å². The van der Waals surface area contributed by atoms with Gasteiger partial charge in [0.15, 0.2) is 0 Å². The van der Waals surface area contributed by atoms with Crippen LogP contribution in [0.4, 0.5) is 8.78 Å². The van der Waals surface area contributed by atoms with E-state index < -0.39 is 6.43 Å². The lowest BCUT2D eigenvalue weighted by Gasteiger charge is -2.09. The summed E-state index contributed by atoms with van der Waals surface area (Å²) in [6.45, 7) is 0.715. The molecule has 1 aliphatic carbocycles. The number of halogens is 3. The molecule has 0 saturated carbocycles. The van der Waals surface area contributed by atoms with Gasteiger partial charge in [0.1, 0.15) is 5.75 Å². The minimum atomic E-state index is -2.15. The summed E-state index contributed by atoms with van der Waals surface area (Å²) in [4.78, 5) is 0. The molecule has 3 rings (SSSR count). The van der Waals surface area contributed by atoms with Crippen molar-refractivity contribution < 1.29 is 13.5 Å². The van der Waals surface area contributed by atoms with Crippen LogP contribution in [0, 0.1) is 0 Å². The zero-order valence-corrected chi connectivity index (χ0v) is 16.4. The van der Waals surface area contributed by atoms with E-state index in [0.29, 0.717) is 13.0 Å². The Morgan fingerprint density at radius 2 is 1.44 bits per heavy atom. The summed E-state index contributed by atoms with van der Waals surface area (Å²) in [7, 11) is 0. The maximum absolute atomic E-state index is 12.0. The van der Waals surface area contributed by atoms with Gasteiger partial charge in [0, 0.05) is 11.4 Å². The normalized spacial score (nSPS) is 12.3. The number of alkyl halides is 2. The van der Waals surface area contributed by atoms with E-state index in [1.165, 1.54) is 22.3 Å². The maximum atomic E-state index is 12.0. The van der Waals surface area contributed by atoms with Crippen molar-refractivity contribution in [3.05, 3.63) is 52.5 Å². The van der Waals surface area contributed by atoms with Gasteiger partial charge in [0.05, 0.1) is 6.61 Å². The SMILES string of the molecule is FC(F)CCCCCCCCCOc1ccc2c(c1)-c1cc(Cl)ccc1C2. The van der Waals surface area contributed by atoms with Gasteiger partial charge in [0.2, 0.25) is 6.43 Å². The van der Waals surface area contributed by atoms with Crippen LogP contribution in [-0.4, -0.2) is 13.0 Å². The standard InChI is InChI=1S/C23H27ClF2O/c24-19-11-9-17-14-18-10-12-20(16-22(18)21(17)15-19)27-13-7-5-3-1-2-4-6-8-23(25)26/h9-12,15-16,23H,1-8,13-14H2. The minimum Gasteiger partial charge on any atom is -0.494 e. The highest BCUT2D eigenvalue weighted by atomic mass is 35.5. The molecule has 0 atom stereocenters. The molecule has 2 aromatic carbocycles. The van der Waals surface area contributed by atoms with Gasteiger partial charge in [-0.05, 0) is 65.8 Å². The zero-order chi connectivity index (χ0) is 19.1. The second-order valence-corrected chi connectivity index (χ2v) is 7.74. The molecule has 0 bridgehead atoms. The summed E-state index contributed by atoms with van der Waals surface area (Å²) >= 11 is 6.15. The summed E-state index contributed by atoms with van der Waals surface area (Å²) in [5.41, 5.74) is 5.09. The van der Waals surface area contributed by atoms with Crippen LogP contribution in [0.1, 0.15) is 62.5 Å². The summed E-state index contributed by atoms with van der Waals surface area (Å²) in [5.74, 6) is 0.911. The Bertz CT molecular complexity index is 745. The number of unbranched alkanes of at least 4 members (excludes halogenated alkanes) is 6. The van der Waals surface area contributed by atoms with E-state index in [1.54, 1.807) is 0 Å². The smallest absolute Gasteiger partial charge is 0.238 e. The highest BCUT2D eigenvalue weighted by molar-refractivity contribution is 6.31. The summed E-state index contributed by atoms with van der Waals surface area (Å²) in [6.07, 6.45) is 5.90. The molecule has 0 aromatic heterocycles. The van der Waals surface area contributed by atoms with Gasteiger partial charge < -0.3 is 4.74 Å². The first-order valence-electron chi connectivity index (χ1n) is 9.96. The van der Waals surface area contributed by atoms with Crippen molar-refractivity contribution in [2.24, 2.45) is 0 Å². The zero-order valence-electron chi connectivity index (χ0n) is 15.7. The third kappa shape index (κ3) is 5.93. The fraction of sp³-hybridized carbons (Fsp3) is 0.478. The van der Waals surface area contributed by atoms with Crippen molar-refractivity contribution in [2.45, 2.75) is 64.2 Å². The molecule has 0 fully saturated rings. The third-order valence-electron chi connectivity index (χ3n) is 5.16. The highest BCUT2D eigenvalue weighted by Gasteiger charge is 2.19. The Morgan fingerprint density at radius 3 is 2.19 bits per heavy atom. The van der Waals surface area contributed by atoms with Crippen molar-refractivity contribution in [1.82, 2.24) is 0 Å². The van der Waals surface area contributed by atoms with Gasteiger partial charge in [-0.25, -0.2) is 8.78 Å². The lowest BCUT2D eigenvalue weighted by Crippen LogP contribution is -1.97. The lowest BCUT2D eigenvalue weighted by molar-refractivity contribution is 0.133. The molecule has 0 saturated heterocycles. The molecular weight excluding hydrogens is 366 g/mol. The topological polar surface area (TPSA) is 9.23 Å². The first-order valence-corrected chi connectivity index (χ1v) is 10.3. The molecule has 2 aromatic rings. The minimum absolute atomic E-state index is 0.0469. The number of ether oxygens (including phenoxy) is 1. The number of rotatable bonds is 11. The Kier molecular flexibility index (Phi) is 7.51. The highest BCUT2D eigenvalue weighted by Crippen LogP contribution is 2.39. The van der Waals surface area contributed by atoms with Crippen molar-refractivity contribution in [3.63, 3.8) is 0 Å². The number of fused-ring (bicyclic) bond motifs is 3. The second kappa shape index (κ2) is 10.1. The maximum Gasteiger partial charge on any atom is 0.238 e. The fourth-order valence-electron chi connectivity index (χ4n) is 3.68. The number of hydrogen-bond donors (Lipinski definition) is 0. The molecule has 146 valence electrons. The molecule has 0 N–H and O–H groups in total. The molecule has 0 radical (unpaired) electrons. The van der Waals surface area contributed by atoms with Gasteiger partial charge in [-0.3, -0.25) is 0 Å². The quantitative estimate of drug-likeness (QED) is 0.304. The first-order chi connectivity index (χ1) is 13.1. The monoisotopic (exact) mass is 392 g/mol. The average Bonchev–Trinajstić information content (AvgIpc) is 3.00. The molecule has 0 heterocycles. The Morgan fingerprint density at radius 1 is 0.815 bits per heavy atom. The van der Waals surface area contributed by atoms with E-state index in [4.69, 9.17) is 16.3 Å². The van der Waals surface area contributed by atoms with Gasteiger partial charge in [0.25, 0.3) is 0 Å². The van der Waals surface area contributed by atoms with Crippen molar-refractivity contribution >= 4 is 11.6 Å². The molecule has 1 nitrogen and oxygen atoms in total. The van der Waals surface area contributed by atoms with E-state index in [1.807, 2.05) is 12.1 Å². The van der Waals surface area contributed by atoms with Gasteiger partial charge in [-0.1, -0.05) is 55.8 Å². The number of hydrogen-bond acceptors (Lipinski definition) is 1. The molecule has 0 aliphatic heterocycles. The van der Waals surface area contributed by atoms with Crippen LogP contribution in [0.2, 0.25) is 5.02 Å². The van der Waals surface area contributed by atoms with Gasteiger partial charge >= 0.3 is 0 Å². The van der Waals surface area contributed by atoms with E-state index in [0.717, 1.165) is 55.7 Å². The van der Waals surface area contributed by atoms with Crippen LogP contribution in [0.5, 0.6) is 5.75 Å². The summed E-state index contributed by atoms with van der Waals surface area (Å²) in [6, 6.07) is 12.4. The summed E-state index contributed by atoms with van der Waals surface area (Å²) in [5, 5.41) is 0.766. The molecule has 0 spiro atoms. The van der Waals surface area contributed by atoms with Gasteiger partial charge in [-0.15, -0.1) is 0 Å². The van der Waals surface area contributed by atoms with E-state index >= 15 is 0 Å². The molecule has 0 amide bonds. The van der Waals surface area contributed by atoms with Crippen LogP contribution < -0.4 is 4.74 Å². The van der Waals surface area contributed by atoms with Crippen molar-refractivity contribution in [1.29, 1.82) is 0 Å². The molecule has 0 unspecified atom stereocenters. The van der Waals surface area contributed by atoms with Crippen LogP contribution in [0.3, 0.4) is 0 Å².